The highest BCUT2D eigenvalue weighted by molar-refractivity contribution is 5.94. The Balaban J connectivity index is 1.38. The zero-order chi connectivity index (χ0) is 27.3. The van der Waals surface area contributed by atoms with Crippen molar-refractivity contribution < 1.29 is 32.9 Å². The number of benzene rings is 2. The molecule has 0 bridgehead atoms. The second kappa shape index (κ2) is 11.9. The zero-order valence-corrected chi connectivity index (χ0v) is 20.9. The number of halogens is 3. The maximum Gasteiger partial charge on any atom is 0.416 e. The number of fused-ring (bicyclic) bond motifs is 1. The predicted octanol–water partition coefficient (Wildman–Crippen LogP) is 4.65. The Kier molecular flexibility index (Phi) is 8.65. The molecule has 0 amide bonds. The van der Waals surface area contributed by atoms with E-state index in [1.165, 1.54) is 25.3 Å². The summed E-state index contributed by atoms with van der Waals surface area (Å²) in [7, 11) is 1.50. The molecule has 1 aliphatic heterocycles. The number of methoxy groups -OCH3 is 1. The van der Waals surface area contributed by atoms with E-state index in [4.69, 9.17) is 9.84 Å². The molecule has 1 aliphatic rings. The highest BCUT2D eigenvalue weighted by Gasteiger charge is 2.30. The van der Waals surface area contributed by atoms with E-state index < -0.39 is 23.8 Å². The van der Waals surface area contributed by atoms with Gasteiger partial charge in [-0.15, -0.1) is 0 Å². The number of rotatable bonds is 9. The summed E-state index contributed by atoms with van der Waals surface area (Å²) in [6.07, 6.45) is -1.03. The van der Waals surface area contributed by atoms with Crippen LogP contribution in [0.25, 0.3) is 17.0 Å². The number of β-amino-alcohol motifs (C(OH)–C–C–N with tert-alkyl or cyclic N) is 1. The van der Waals surface area contributed by atoms with Crippen molar-refractivity contribution in [2.75, 3.05) is 26.7 Å². The number of carboxylic acid groups (broad SMARTS) is 1. The smallest absolute Gasteiger partial charge is 0.416 e. The number of aliphatic hydroxyl groups excluding tert-OH is 1. The van der Waals surface area contributed by atoms with Crippen molar-refractivity contribution in [3.05, 3.63) is 76.9 Å². The lowest BCUT2D eigenvalue weighted by Gasteiger charge is -2.33. The third-order valence-electron chi connectivity index (χ3n) is 6.74. The highest BCUT2D eigenvalue weighted by Crippen LogP contribution is 2.31. The predicted molar refractivity (Wildman–Crippen MR) is 138 cm³/mol. The minimum Gasteiger partial charge on any atom is -0.481 e. The summed E-state index contributed by atoms with van der Waals surface area (Å²) in [5.41, 5.74) is 1.78. The molecule has 1 fully saturated rings. The largest absolute Gasteiger partial charge is 0.481 e. The van der Waals surface area contributed by atoms with E-state index in [2.05, 4.69) is 15.2 Å². The Hall–Kier alpha value is -3.47. The van der Waals surface area contributed by atoms with E-state index in [9.17, 15) is 23.1 Å². The SMILES string of the molecule is COc1ccc2c(/C=C/C(=O)O)ccc(C(O)CN3CCC(NCc4cccc(C(F)(F)F)c4)CC3)c2n1. The number of aliphatic carboxylic acids is 1. The van der Waals surface area contributed by atoms with Crippen LogP contribution in [0.2, 0.25) is 0 Å². The lowest BCUT2D eigenvalue weighted by Crippen LogP contribution is -2.43. The summed E-state index contributed by atoms with van der Waals surface area (Å²) in [5, 5.41) is 24.2. The van der Waals surface area contributed by atoms with Crippen molar-refractivity contribution in [1.29, 1.82) is 0 Å². The number of nitrogens with one attached hydrogen (secondary N) is 1. The van der Waals surface area contributed by atoms with E-state index in [1.807, 2.05) is 0 Å². The zero-order valence-electron chi connectivity index (χ0n) is 20.9. The topological polar surface area (TPSA) is 94.9 Å². The van der Waals surface area contributed by atoms with Crippen molar-refractivity contribution in [3.63, 3.8) is 0 Å². The summed E-state index contributed by atoms with van der Waals surface area (Å²) in [5.74, 6) is -0.672. The summed E-state index contributed by atoms with van der Waals surface area (Å²) in [4.78, 5) is 17.6. The van der Waals surface area contributed by atoms with Crippen LogP contribution in [0.5, 0.6) is 5.88 Å². The summed E-state index contributed by atoms with van der Waals surface area (Å²) in [6.45, 7) is 2.20. The molecule has 0 spiro atoms. The van der Waals surface area contributed by atoms with Gasteiger partial charge in [0.25, 0.3) is 0 Å². The Morgan fingerprint density at radius 2 is 1.97 bits per heavy atom. The summed E-state index contributed by atoms with van der Waals surface area (Å²) >= 11 is 0. The molecule has 1 unspecified atom stereocenters. The number of likely N-dealkylation sites (tertiary alicyclic amines) is 1. The number of nitrogens with zero attached hydrogens (tertiary/aromatic N) is 2. The van der Waals surface area contributed by atoms with E-state index in [0.717, 1.165) is 38.1 Å². The fourth-order valence-corrected chi connectivity index (χ4v) is 4.71. The molecule has 202 valence electrons. The van der Waals surface area contributed by atoms with Crippen LogP contribution in [0, 0.1) is 0 Å². The van der Waals surface area contributed by atoms with Gasteiger partial charge in [-0.25, -0.2) is 9.78 Å². The van der Waals surface area contributed by atoms with Gasteiger partial charge in [-0.2, -0.15) is 13.2 Å². The first-order valence-electron chi connectivity index (χ1n) is 12.3. The van der Waals surface area contributed by atoms with Gasteiger partial charge in [0.2, 0.25) is 5.88 Å². The van der Waals surface area contributed by atoms with Crippen LogP contribution >= 0.6 is 0 Å². The lowest BCUT2D eigenvalue weighted by atomic mass is 9.98. The highest BCUT2D eigenvalue weighted by atomic mass is 19.4. The van der Waals surface area contributed by atoms with E-state index >= 15 is 0 Å². The van der Waals surface area contributed by atoms with Crippen molar-refractivity contribution in [3.8, 4) is 5.88 Å². The van der Waals surface area contributed by atoms with Crippen LogP contribution in [0.4, 0.5) is 13.2 Å². The van der Waals surface area contributed by atoms with Crippen LogP contribution in [-0.2, 0) is 17.5 Å². The van der Waals surface area contributed by atoms with E-state index in [0.29, 0.717) is 46.6 Å². The summed E-state index contributed by atoms with van der Waals surface area (Å²) < 4.78 is 44.1. The second-order valence-corrected chi connectivity index (χ2v) is 9.34. The molecule has 0 saturated carbocycles. The molecule has 3 N–H and O–H groups in total. The van der Waals surface area contributed by atoms with Crippen molar-refractivity contribution in [1.82, 2.24) is 15.2 Å². The van der Waals surface area contributed by atoms with Gasteiger partial charge in [0.15, 0.2) is 0 Å². The molecule has 0 aliphatic carbocycles. The second-order valence-electron chi connectivity index (χ2n) is 9.34. The maximum absolute atomic E-state index is 13.0. The average molecular weight is 530 g/mol. The number of hydrogen-bond donors (Lipinski definition) is 3. The Labute approximate surface area is 218 Å². The molecule has 7 nitrogen and oxygen atoms in total. The molecule has 2 aromatic carbocycles. The number of aromatic nitrogens is 1. The molecular weight excluding hydrogens is 499 g/mol. The third-order valence-corrected chi connectivity index (χ3v) is 6.74. The number of hydrogen-bond acceptors (Lipinski definition) is 6. The van der Waals surface area contributed by atoms with Crippen molar-refractivity contribution >= 4 is 22.9 Å². The van der Waals surface area contributed by atoms with Crippen molar-refractivity contribution in [2.45, 2.75) is 37.7 Å². The van der Waals surface area contributed by atoms with Gasteiger partial charge >= 0.3 is 12.1 Å². The molecule has 3 aromatic rings. The van der Waals surface area contributed by atoms with Crippen LogP contribution in [0.1, 0.15) is 41.2 Å². The maximum atomic E-state index is 13.0. The number of ether oxygens (including phenoxy) is 1. The van der Waals surface area contributed by atoms with Gasteiger partial charge in [0, 0.05) is 42.2 Å². The minimum absolute atomic E-state index is 0.171. The minimum atomic E-state index is -4.36. The molecule has 1 aromatic heterocycles. The number of pyridine rings is 1. The fraction of sp³-hybridized carbons (Fsp3) is 0.357. The molecular formula is C28H30F3N3O4. The van der Waals surface area contributed by atoms with Gasteiger partial charge in [-0.1, -0.05) is 30.3 Å². The van der Waals surface area contributed by atoms with Crippen molar-refractivity contribution in [2.24, 2.45) is 0 Å². The first-order valence-corrected chi connectivity index (χ1v) is 12.3. The number of aliphatic hydroxyl groups is 1. The van der Waals surface area contributed by atoms with Gasteiger partial charge < -0.3 is 25.2 Å². The molecule has 38 heavy (non-hydrogen) atoms. The Bertz CT molecular complexity index is 1300. The number of carboxylic acids is 1. The van der Waals surface area contributed by atoms with Gasteiger partial charge in [-0.3, -0.25) is 0 Å². The fourth-order valence-electron chi connectivity index (χ4n) is 4.71. The van der Waals surface area contributed by atoms with E-state index in [1.54, 1.807) is 30.3 Å². The quantitative estimate of drug-likeness (QED) is 0.348. The Morgan fingerprint density at radius 1 is 1.21 bits per heavy atom. The lowest BCUT2D eigenvalue weighted by molar-refractivity contribution is -0.137. The monoisotopic (exact) mass is 529 g/mol. The van der Waals surface area contributed by atoms with Crippen LogP contribution < -0.4 is 10.1 Å². The van der Waals surface area contributed by atoms with Crippen LogP contribution in [0.3, 0.4) is 0 Å². The molecule has 0 radical (unpaired) electrons. The summed E-state index contributed by atoms with van der Waals surface area (Å²) in [6, 6.07) is 12.5. The first-order chi connectivity index (χ1) is 18.1. The van der Waals surface area contributed by atoms with E-state index in [-0.39, 0.29) is 6.04 Å². The molecule has 2 heterocycles. The average Bonchev–Trinajstić information content (AvgIpc) is 2.90. The number of piperidine rings is 1. The molecule has 1 atom stereocenters. The normalized spacial score (nSPS) is 16.2. The third kappa shape index (κ3) is 6.89. The number of carbonyl (C=O) groups is 1. The van der Waals surface area contributed by atoms with Gasteiger partial charge in [0.1, 0.15) is 0 Å². The van der Waals surface area contributed by atoms with Gasteiger partial charge in [0.05, 0.1) is 24.3 Å². The molecule has 4 rings (SSSR count). The van der Waals surface area contributed by atoms with Gasteiger partial charge in [-0.05, 0) is 55.3 Å². The van der Waals surface area contributed by atoms with Crippen LogP contribution in [-0.4, -0.2) is 58.9 Å². The molecule has 1 saturated heterocycles. The number of alkyl halides is 3. The Morgan fingerprint density at radius 3 is 2.66 bits per heavy atom. The first kappa shape index (κ1) is 27.6. The van der Waals surface area contributed by atoms with Crippen LogP contribution in [0.15, 0.2) is 54.6 Å². The molecule has 10 heteroatoms. The standard InChI is InChI=1S/C28H30F3N3O4/c1-38-25-9-8-22-19(6-10-26(36)37)5-7-23(27(22)33-25)24(35)17-34-13-11-21(12-14-34)32-16-18-3-2-4-20(15-18)28(29,30)31/h2-10,15,21,24,32,35H,11-14,16-17H2,1H3,(H,36,37)/b10-6+.